The Hall–Kier alpha value is -3.61. The summed E-state index contributed by atoms with van der Waals surface area (Å²) in [5.41, 5.74) is 3.83. The standard InChI is InChI=1S/C22H19F2N3O2/c1-12-7-9-15(10-8-12)19-13(2)11-18(25-14(19)3)26-22(29)27-21(28)20-16(23)5-4-6-17(20)24/h4-11H,1-3H3,(H2,25,26,27,28,29). The van der Waals surface area contributed by atoms with Crippen LogP contribution in [0.5, 0.6) is 0 Å². The molecular weight excluding hydrogens is 376 g/mol. The minimum Gasteiger partial charge on any atom is -0.292 e. The number of urea groups is 1. The Bertz CT molecular complexity index is 1050. The number of carbonyl (C=O) groups excluding carboxylic acids is 2. The Morgan fingerprint density at radius 1 is 0.931 bits per heavy atom. The fraction of sp³-hybridized carbons (Fsp3) is 0.136. The molecule has 3 amide bonds. The van der Waals surface area contributed by atoms with Crippen LogP contribution in [0.1, 0.15) is 27.2 Å². The molecule has 2 aromatic carbocycles. The average Bonchev–Trinajstić information content (AvgIpc) is 2.62. The fourth-order valence-electron chi connectivity index (χ4n) is 3.08. The van der Waals surface area contributed by atoms with Gasteiger partial charge < -0.3 is 0 Å². The number of nitrogens with one attached hydrogen (secondary N) is 2. The van der Waals surface area contributed by atoms with Gasteiger partial charge in [-0.1, -0.05) is 35.9 Å². The van der Waals surface area contributed by atoms with Crippen LogP contribution in [0.4, 0.5) is 19.4 Å². The molecule has 0 saturated heterocycles. The van der Waals surface area contributed by atoms with Crippen molar-refractivity contribution >= 4 is 17.8 Å². The number of nitrogens with zero attached hydrogens (tertiary/aromatic N) is 1. The molecule has 0 radical (unpaired) electrons. The van der Waals surface area contributed by atoms with Crippen LogP contribution in [0.2, 0.25) is 0 Å². The van der Waals surface area contributed by atoms with Crippen molar-refractivity contribution in [3.8, 4) is 11.1 Å². The van der Waals surface area contributed by atoms with Gasteiger partial charge in [0.05, 0.1) is 0 Å². The van der Waals surface area contributed by atoms with Crippen LogP contribution in [0, 0.1) is 32.4 Å². The van der Waals surface area contributed by atoms with Gasteiger partial charge in [0.15, 0.2) is 0 Å². The van der Waals surface area contributed by atoms with Gasteiger partial charge in [-0.25, -0.2) is 18.6 Å². The molecular formula is C22H19F2N3O2. The molecule has 0 aliphatic rings. The van der Waals surface area contributed by atoms with Crippen LogP contribution in [-0.4, -0.2) is 16.9 Å². The highest BCUT2D eigenvalue weighted by Crippen LogP contribution is 2.28. The predicted molar refractivity (Wildman–Crippen MR) is 107 cm³/mol. The smallest absolute Gasteiger partial charge is 0.292 e. The number of hydrogen-bond donors (Lipinski definition) is 2. The lowest BCUT2D eigenvalue weighted by atomic mass is 9.98. The van der Waals surface area contributed by atoms with E-state index in [1.165, 1.54) is 0 Å². The van der Waals surface area contributed by atoms with Gasteiger partial charge in [0.1, 0.15) is 23.0 Å². The van der Waals surface area contributed by atoms with Crippen molar-refractivity contribution in [2.75, 3.05) is 5.32 Å². The first-order chi connectivity index (χ1) is 13.8. The van der Waals surface area contributed by atoms with E-state index in [2.05, 4.69) is 10.3 Å². The van der Waals surface area contributed by atoms with E-state index in [-0.39, 0.29) is 5.82 Å². The van der Waals surface area contributed by atoms with Crippen molar-refractivity contribution in [3.63, 3.8) is 0 Å². The third-order valence-electron chi connectivity index (χ3n) is 4.40. The predicted octanol–water partition coefficient (Wildman–Crippen LogP) is 4.91. The third kappa shape index (κ3) is 4.45. The van der Waals surface area contributed by atoms with Crippen LogP contribution in [0.3, 0.4) is 0 Å². The molecule has 0 atom stereocenters. The molecule has 3 aromatic rings. The second-order valence-corrected chi connectivity index (χ2v) is 6.66. The van der Waals surface area contributed by atoms with Crippen LogP contribution in [0.25, 0.3) is 11.1 Å². The lowest BCUT2D eigenvalue weighted by molar-refractivity contribution is 0.0959. The molecule has 148 valence electrons. The highest BCUT2D eigenvalue weighted by atomic mass is 19.1. The molecule has 7 heteroatoms. The summed E-state index contributed by atoms with van der Waals surface area (Å²) in [4.78, 5) is 28.5. The van der Waals surface area contributed by atoms with Crippen molar-refractivity contribution in [2.24, 2.45) is 0 Å². The zero-order valence-corrected chi connectivity index (χ0v) is 16.1. The molecule has 29 heavy (non-hydrogen) atoms. The summed E-state index contributed by atoms with van der Waals surface area (Å²) < 4.78 is 27.3. The number of amides is 3. The summed E-state index contributed by atoms with van der Waals surface area (Å²) in [6.45, 7) is 5.69. The van der Waals surface area contributed by atoms with E-state index in [0.29, 0.717) is 5.69 Å². The topological polar surface area (TPSA) is 71.1 Å². The number of hydrogen-bond acceptors (Lipinski definition) is 3. The molecule has 1 aromatic heterocycles. The summed E-state index contributed by atoms with van der Waals surface area (Å²) in [5.74, 6) is -3.07. The number of aromatic nitrogens is 1. The molecule has 3 rings (SSSR count). The number of carbonyl (C=O) groups is 2. The average molecular weight is 395 g/mol. The number of aryl methyl sites for hydroxylation is 3. The molecule has 0 spiro atoms. The number of halogens is 2. The largest absolute Gasteiger partial charge is 0.327 e. The van der Waals surface area contributed by atoms with E-state index >= 15 is 0 Å². The van der Waals surface area contributed by atoms with Gasteiger partial charge in [-0.2, -0.15) is 0 Å². The zero-order chi connectivity index (χ0) is 21.1. The fourth-order valence-corrected chi connectivity index (χ4v) is 3.08. The van der Waals surface area contributed by atoms with Crippen molar-refractivity contribution < 1.29 is 18.4 Å². The summed E-state index contributed by atoms with van der Waals surface area (Å²) in [5, 5.41) is 4.33. The van der Waals surface area contributed by atoms with E-state index in [4.69, 9.17) is 0 Å². The van der Waals surface area contributed by atoms with Crippen molar-refractivity contribution in [1.82, 2.24) is 10.3 Å². The highest BCUT2D eigenvalue weighted by Gasteiger charge is 2.19. The Balaban J connectivity index is 1.77. The maximum absolute atomic E-state index is 13.7. The monoisotopic (exact) mass is 395 g/mol. The number of benzene rings is 2. The summed E-state index contributed by atoms with van der Waals surface area (Å²) in [7, 11) is 0. The minimum absolute atomic E-state index is 0.218. The van der Waals surface area contributed by atoms with Gasteiger partial charge in [0.25, 0.3) is 5.91 Å². The van der Waals surface area contributed by atoms with E-state index in [0.717, 1.165) is 40.5 Å². The zero-order valence-electron chi connectivity index (χ0n) is 16.1. The Morgan fingerprint density at radius 3 is 2.14 bits per heavy atom. The quantitative estimate of drug-likeness (QED) is 0.662. The van der Waals surface area contributed by atoms with Crippen LogP contribution in [-0.2, 0) is 0 Å². The first kappa shape index (κ1) is 20.1. The molecule has 0 aliphatic heterocycles. The molecule has 0 fully saturated rings. The van der Waals surface area contributed by atoms with Gasteiger partial charge in [0.2, 0.25) is 0 Å². The van der Waals surface area contributed by atoms with Gasteiger partial charge >= 0.3 is 6.03 Å². The van der Waals surface area contributed by atoms with Crippen molar-refractivity contribution in [1.29, 1.82) is 0 Å². The first-order valence-corrected chi connectivity index (χ1v) is 8.88. The lowest BCUT2D eigenvalue weighted by Gasteiger charge is -2.13. The molecule has 0 unspecified atom stereocenters. The highest BCUT2D eigenvalue weighted by molar-refractivity contribution is 6.08. The Labute approximate surface area is 166 Å². The number of rotatable bonds is 3. The second kappa shape index (κ2) is 8.18. The second-order valence-electron chi connectivity index (χ2n) is 6.66. The summed E-state index contributed by atoms with van der Waals surface area (Å²) >= 11 is 0. The van der Waals surface area contributed by atoms with E-state index in [1.807, 2.05) is 50.4 Å². The van der Waals surface area contributed by atoms with Crippen LogP contribution >= 0.6 is 0 Å². The molecule has 0 bridgehead atoms. The normalized spacial score (nSPS) is 10.5. The van der Waals surface area contributed by atoms with Gasteiger partial charge in [0, 0.05) is 11.3 Å². The van der Waals surface area contributed by atoms with Crippen molar-refractivity contribution in [3.05, 3.63) is 82.5 Å². The molecule has 1 heterocycles. The number of imide groups is 1. The maximum atomic E-state index is 13.7. The first-order valence-electron chi connectivity index (χ1n) is 8.88. The molecule has 5 nitrogen and oxygen atoms in total. The number of pyridine rings is 1. The van der Waals surface area contributed by atoms with E-state index in [9.17, 15) is 18.4 Å². The molecule has 0 aliphatic carbocycles. The van der Waals surface area contributed by atoms with Gasteiger partial charge in [-0.15, -0.1) is 0 Å². The molecule has 2 N–H and O–H groups in total. The van der Waals surface area contributed by atoms with Crippen molar-refractivity contribution in [2.45, 2.75) is 20.8 Å². The number of anilines is 1. The summed E-state index contributed by atoms with van der Waals surface area (Å²) in [6, 6.07) is 11.7. The van der Waals surface area contributed by atoms with E-state index in [1.54, 1.807) is 6.07 Å². The lowest BCUT2D eigenvalue weighted by Crippen LogP contribution is -2.35. The molecule has 0 saturated carbocycles. The SMILES string of the molecule is Cc1ccc(-c2c(C)cc(NC(=O)NC(=O)c3c(F)cccc3F)nc2C)cc1. The Kier molecular flexibility index (Phi) is 5.68. The van der Waals surface area contributed by atoms with E-state index < -0.39 is 29.1 Å². The van der Waals surface area contributed by atoms with Crippen LogP contribution < -0.4 is 10.6 Å². The maximum Gasteiger partial charge on any atom is 0.327 e. The summed E-state index contributed by atoms with van der Waals surface area (Å²) in [6.07, 6.45) is 0. The Morgan fingerprint density at radius 2 is 1.55 bits per heavy atom. The van der Waals surface area contributed by atoms with Gasteiger partial charge in [-0.3, -0.25) is 15.4 Å². The van der Waals surface area contributed by atoms with Crippen LogP contribution in [0.15, 0.2) is 48.5 Å². The van der Waals surface area contributed by atoms with Gasteiger partial charge in [-0.05, 0) is 50.1 Å². The minimum atomic E-state index is -1.18. The third-order valence-corrected chi connectivity index (χ3v) is 4.40.